The maximum absolute atomic E-state index is 10.7. The summed E-state index contributed by atoms with van der Waals surface area (Å²) in [4.78, 5) is 33.1. The minimum Gasteiger partial charge on any atom is -0.503 e. The summed E-state index contributed by atoms with van der Waals surface area (Å²) in [6.45, 7) is 12.1. The lowest BCUT2D eigenvalue weighted by molar-refractivity contribution is 0.108. The van der Waals surface area contributed by atoms with Crippen molar-refractivity contribution in [3.8, 4) is 35.3 Å². The van der Waals surface area contributed by atoms with E-state index in [1.807, 2.05) is 0 Å². The number of nitrogens with zero attached hydrogens (tertiary/aromatic N) is 9. The van der Waals surface area contributed by atoms with Crippen LogP contribution in [0.25, 0.3) is 0 Å². The normalized spacial score (nSPS) is 17.0. The summed E-state index contributed by atoms with van der Waals surface area (Å²) in [5.41, 5.74) is 2.14. The molecule has 0 spiro atoms. The van der Waals surface area contributed by atoms with E-state index in [4.69, 9.17) is 14.2 Å². The lowest BCUT2D eigenvalue weighted by Gasteiger charge is -2.33. The molecule has 9 rings (SSSR count). The van der Waals surface area contributed by atoms with Crippen LogP contribution < -0.4 is 28.9 Å². The van der Waals surface area contributed by atoms with E-state index < -0.39 is 0 Å². The lowest BCUT2D eigenvalue weighted by Crippen LogP contribution is -2.38. The topological polar surface area (TPSA) is 175 Å². The second-order valence-electron chi connectivity index (χ2n) is 24.0. The molecule has 0 unspecified atom stereocenters. The quantitative estimate of drug-likeness (QED) is 0.0465. The Labute approximate surface area is 477 Å². The summed E-state index contributed by atoms with van der Waals surface area (Å²) in [7, 11) is 0. The van der Waals surface area contributed by atoms with Crippen LogP contribution in [0.2, 0.25) is 0 Å². The molecule has 79 heavy (non-hydrogen) atoms. The molecule has 3 aromatic heterocycles. The largest absolute Gasteiger partial charge is 0.503 e. The zero-order valence-electron chi connectivity index (χ0n) is 49.9. The molecule has 0 amide bonds. The van der Waals surface area contributed by atoms with E-state index in [1.165, 1.54) is 173 Å². The van der Waals surface area contributed by atoms with Crippen LogP contribution in [0.4, 0.5) is 17.5 Å². The Morgan fingerprint density at radius 2 is 0.608 bits per heavy atom. The van der Waals surface area contributed by atoms with Gasteiger partial charge in [0.25, 0.3) is 0 Å². The van der Waals surface area contributed by atoms with Crippen LogP contribution in [0.5, 0.6) is 35.3 Å². The van der Waals surface area contributed by atoms with Gasteiger partial charge in [-0.15, -0.1) is 0 Å². The third-order valence-electron chi connectivity index (χ3n) is 17.3. The standard InChI is InChI=1S/C27H47N3O2.C25H43N3O2.C12H17N3O2/c1-2-3-4-5-6-7-8-9-10-11-12-13-14-15-20-24-25(31)26(30-21-17-22-30)29-27(28-24)32-23-18-16-19-23;1-2-3-4-5-6-7-8-9-10-11-12-13-18-22-23(29)24(28-19-15-20-28)27-25(26-22)30-21-16-14-17-21;1-8-10(16)11(15-6-3-7-15)14-12(13-8)17-9-4-2-5-9/h23,31H,2-22H2,1H3;21,29H,2-20H2,1H3;9,16H,2-7H2,1H3. The zero-order chi connectivity index (χ0) is 55.3. The van der Waals surface area contributed by atoms with Gasteiger partial charge in [-0.25, -0.2) is 0 Å². The number of rotatable bonds is 37. The van der Waals surface area contributed by atoms with Crippen LogP contribution in [0.1, 0.15) is 275 Å². The first kappa shape index (κ1) is 62.0. The molecule has 6 aliphatic rings. The van der Waals surface area contributed by atoms with Gasteiger partial charge < -0.3 is 44.2 Å². The molecule has 0 radical (unpaired) electrons. The fourth-order valence-corrected chi connectivity index (χ4v) is 10.7. The fraction of sp³-hybridized carbons (Fsp3) is 0.812. The molecule has 3 saturated heterocycles. The molecule has 6 fully saturated rings. The van der Waals surface area contributed by atoms with Gasteiger partial charge in [0.1, 0.15) is 18.3 Å². The van der Waals surface area contributed by atoms with Crippen molar-refractivity contribution in [3.05, 3.63) is 17.1 Å². The van der Waals surface area contributed by atoms with Crippen molar-refractivity contribution >= 4 is 17.5 Å². The van der Waals surface area contributed by atoms with Gasteiger partial charge in [-0.05, 0) is 110 Å². The van der Waals surface area contributed by atoms with Gasteiger partial charge in [0, 0.05) is 39.3 Å². The first-order valence-electron chi connectivity index (χ1n) is 32.8. The van der Waals surface area contributed by atoms with E-state index in [0.29, 0.717) is 41.2 Å². The summed E-state index contributed by atoms with van der Waals surface area (Å²) in [5.74, 6) is 2.73. The molecule has 15 nitrogen and oxygen atoms in total. The zero-order valence-corrected chi connectivity index (χ0v) is 49.9. The molecule has 3 aliphatic carbocycles. The van der Waals surface area contributed by atoms with Gasteiger partial charge in [-0.3, -0.25) is 0 Å². The van der Waals surface area contributed by atoms with Gasteiger partial charge >= 0.3 is 18.0 Å². The van der Waals surface area contributed by atoms with Gasteiger partial charge in [-0.2, -0.15) is 29.9 Å². The lowest BCUT2D eigenvalue weighted by atomic mass is 9.96. The van der Waals surface area contributed by atoms with Crippen molar-refractivity contribution in [3.63, 3.8) is 0 Å². The third kappa shape index (κ3) is 21.0. The third-order valence-corrected chi connectivity index (χ3v) is 17.3. The number of aryl methyl sites for hydroxylation is 3. The molecule has 0 bridgehead atoms. The number of hydrogen-bond acceptors (Lipinski definition) is 15. The van der Waals surface area contributed by atoms with Gasteiger partial charge in [-0.1, -0.05) is 168 Å². The predicted octanol–water partition coefficient (Wildman–Crippen LogP) is 15.5. The highest BCUT2D eigenvalue weighted by Crippen LogP contribution is 2.38. The number of anilines is 3. The molecule has 0 atom stereocenters. The van der Waals surface area contributed by atoms with Gasteiger partial charge in [0.2, 0.25) is 0 Å². The minimum absolute atomic E-state index is 0.186. The van der Waals surface area contributed by atoms with Gasteiger partial charge in [0.05, 0.1) is 17.1 Å². The number of hydrogen-bond donors (Lipinski definition) is 3. The Balaban J connectivity index is 0.000000179. The highest BCUT2D eigenvalue weighted by atomic mass is 16.5. The van der Waals surface area contributed by atoms with E-state index in [9.17, 15) is 15.3 Å². The summed E-state index contributed by atoms with van der Waals surface area (Å²) in [6, 6.07) is 1.34. The molecular weight excluding hydrogens is 991 g/mol. The molecule has 6 heterocycles. The van der Waals surface area contributed by atoms with E-state index in [0.717, 1.165) is 134 Å². The van der Waals surface area contributed by atoms with Crippen molar-refractivity contribution in [1.29, 1.82) is 0 Å². The highest BCUT2D eigenvalue weighted by molar-refractivity contribution is 5.57. The smallest absolute Gasteiger partial charge is 0.319 e. The van der Waals surface area contributed by atoms with Crippen molar-refractivity contribution in [2.45, 2.75) is 296 Å². The molecule has 3 saturated carbocycles. The summed E-state index contributed by atoms with van der Waals surface area (Å²) in [6.07, 6.45) is 51.1. The maximum Gasteiger partial charge on any atom is 0.319 e. The molecule has 3 aliphatic heterocycles. The van der Waals surface area contributed by atoms with Crippen LogP contribution >= 0.6 is 0 Å². The van der Waals surface area contributed by atoms with Crippen LogP contribution in [0.15, 0.2) is 0 Å². The molecule has 3 aromatic rings. The van der Waals surface area contributed by atoms with Crippen LogP contribution in [-0.4, -0.2) is 103 Å². The minimum atomic E-state index is 0.186. The van der Waals surface area contributed by atoms with Crippen LogP contribution in [0, 0.1) is 6.92 Å². The Hall–Kier alpha value is -4.56. The maximum atomic E-state index is 10.7. The molecule has 444 valence electrons. The van der Waals surface area contributed by atoms with Crippen LogP contribution in [-0.2, 0) is 12.8 Å². The molecular formula is C64H107N9O6. The number of aromatic hydroxyl groups is 3. The first-order valence-corrected chi connectivity index (χ1v) is 32.8. The second kappa shape index (κ2) is 35.3. The average Bonchev–Trinajstić information content (AvgIpc) is 3.41. The predicted molar refractivity (Wildman–Crippen MR) is 320 cm³/mol. The van der Waals surface area contributed by atoms with Crippen molar-refractivity contribution in [2.75, 3.05) is 54.0 Å². The summed E-state index contributed by atoms with van der Waals surface area (Å²) in [5, 5.41) is 31.4. The number of unbranched alkanes of at least 4 members (excludes halogenated alkanes) is 24. The van der Waals surface area contributed by atoms with Crippen molar-refractivity contribution in [2.24, 2.45) is 0 Å². The summed E-state index contributed by atoms with van der Waals surface area (Å²) < 4.78 is 17.6. The molecule has 15 heteroatoms. The van der Waals surface area contributed by atoms with Crippen LogP contribution in [0.3, 0.4) is 0 Å². The SMILES string of the molecule is CCCCCCCCCCCCCCCCc1nc(OC2CCC2)nc(N2CCC2)c1O.CCCCCCCCCCCCCCc1nc(OC2CCC2)nc(N2CCC2)c1O.Cc1nc(OC2CCC2)nc(N2CCC2)c1O. The fourth-order valence-electron chi connectivity index (χ4n) is 10.7. The van der Waals surface area contributed by atoms with Crippen molar-refractivity contribution in [1.82, 2.24) is 29.9 Å². The molecule has 3 N–H and O–H groups in total. The van der Waals surface area contributed by atoms with E-state index in [1.54, 1.807) is 6.92 Å². The number of ether oxygens (including phenoxy) is 3. The Morgan fingerprint density at radius 1 is 0.342 bits per heavy atom. The molecule has 0 aromatic carbocycles. The van der Waals surface area contributed by atoms with Crippen molar-refractivity contribution < 1.29 is 29.5 Å². The van der Waals surface area contributed by atoms with Gasteiger partial charge in [0.15, 0.2) is 34.7 Å². The number of aromatic nitrogens is 6. The summed E-state index contributed by atoms with van der Waals surface area (Å²) >= 11 is 0. The average molecular weight is 1100 g/mol. The Kier molecular flexibility index (Phi) is 27.7. The highest BCUT2D eigenvalue weighted by Gasteiger charge is 2.29. The monoisotopic (exact) mass is 1100 g/mol. The second-order valence-corrected chi connectivity index (χ2v) is 24.0. The Bertz CT molecular complexity index is 2160. The first-order chi connectivity index (χ1) is 38.8. The van der Waals surface area contributed by atoms with E-state index >= 15 is 0 Å². The van der Waals surface area contributed by atoms with E-state index in [2.05, 4.69) is 58.5 Å². The Morgan fingerprint density at radius 3 is 0.861 bits per heavy atom. The van der Waals surface area contributed by atoms with E-state index in [-0.39, 0.29) is 35.6 Å².